The smallest absolute Gasteiger partial charge is 0.188 e. The van der Waals surface area contributed by atoms with Crippen LogP contribution in [0.4, 0.5) is 0 Å². The third-order valence-corrected chi connectivity index (χ3v) is 3.16. The molecule has 0 unspecified atom stereocenters. The molecule has 4 nitrogen and oxygen atoms in total. The Kier molecular flexibility index (Phi) is 2.87. The first kappa shape index (κ1) is 11.0. The van der Waals surface area contributed by atoms with E-state index in [1.807, 2.05) is 17.6 Å². The normalized spacial score (nSPS) is 11.0. The molecule has 0 amide bonds. The molecular formula is C11H13N3OS. The van der Waals surface area contributed by atoms with Crippen LogP contribution in [-0.2, 0) is 0 Å². The number of nitrogens with zero attached hydrogens (tertiary/aromatic N) is 3. The van der Waals surface area contributed by atoms with Crippen LogP contribution in [0.15, 0.2) is 17.6 Å². The van der Waals surface area contributed by atoms with Crippen molar-refractivity contribution >= 4 is 17.1 Å². The van der Waals surface area contributed by atoms with Crippen LogP contribution in [0.1, 0.15) is 42.2 Å². The predicted molar refractivity (Wildman–Crippen MR) is 63.3 cm³/mol. The molecule has 0 aromatic carbocycles. The molecule has 0 aliphatic rings. The van der Waals surface area contributed by atoms with E-state index in [0.717, 1.165) is 5.69 Å². The lowest BCUT2D eigenvalue weighted by molar-refractivity contribution is 0.101. The van der Waals surface area contributed by atoms with E-state index in [0.29, 0.717) is 16.7 Å². The number of carbonyl (C=O) groups excluding carboxylic acids is 1. The zero-order valence-electron chi connectivity index (χ0n) is 9.47. The molecule has 84 valence electrons. The monoisotopic (exact) mass is 235 g/mol. The molecular weight excluding hydrogens is 222 g/mol. The average molecular weight is 235 g/mol. The molecule has 0 spiro atoms. The van der Waals surface area contributed by atoms with Gasteiger partial charge in [-0.15, -0.1) is 11.3 Å². The Labute approximate surface area is 97.9 Å². The fourth-order valence-electron chi connectivity index (χ4n) is 1.31. The molecule has 0 aliphatic heterocycles. The average Bonchev–Trinajstić information content (AvgIpc) is 2.86. The molecule has 0 radical (unpaired) electrons. The number of rotatable bonds is 3. The number of aromatic nitrogens is 3. The van der Waals surface area contributed by atoms with Crippen molar-refractivity contribution in [1.29, 1.82) is 0 Å². The number of Topliss-reactive ketones (excluding diaryl/α,β-unsaturated/α-hetero) is 1. The maximum absolute atomic E-state index is 11.1. The zero-order chi connectivity index (χ0) is 11.7. The summed E-state index contributed by atoms with van der Waals surface area (Å²) >= 11 is 1.35. The van der Waals surface area contributed by atoms with Gasteiger partial charge in [0.1, 0.15) is 0 Å². The SMILES string of the molecule is CC(=O)c1nc(-n2ccc(C(C)C)n2)cs1. The minimum Gasteiger partial charge on any atom is -0.292 e. The summed E-state index contributed by atoms with van der Waals surface area (Å²) in [6, 6.07) is 1.97. The van der Waals surface area contributed by atoms with E-state index < -0.39 is 0 Å². The number of carbonyl (C=O) groups is 1. The van der Waals surface area contributed by atoms with Gasteiger partial charge in [0.2, 0.25) is 0 Å². The van der Waals surface area contributed by atoms with Crippen molar-refractivity contribution in [3.05, 3.63) is 28.3 Å². The Morgan fingerprint density at radius 3 is 2.75 bits per heavy atom. The molecule has 2 heterocycles. The Hall–Kier alpha value is -1.49. The summed E-state index contributed by atoms with van der Waals surface area (Å²) in [6.45, 7) is 5.70. The van der Waals surface area contributed by atoms with Crippen LogP contribution in [0.25, 0.3) is 5.82 Å². The highest BCUT2D eigenvalue weighted by Gasteiger charge is 2.09. The van der Waals surface area contributed by atoms with Crippen LogP contribution < -0.4 is 0 Å². The van der Waals surface area contributed by atoms with Crippen molar-refractivity contribution in [3.63, 3.8) is 0 Å². The van der Waals surface area contributed by atoms with Crippen molar-refractivity contribution in [1.82, 2.24) is 14.8 Å². The first-order valence-corrected chi connectivity index (χ1v) is 5.98. The zero-order valence-corrected chi connectivity index (χ0v) is 10.3. The lowest BCUT2D eigenvalue weighted by Gasteiger charge is -1.98. The van der Waals surface area contributed by atoms with Crippen LogP contribution >= 0.6 is 11.3 Å². The second-order valence-corrected chi connectivity index (χ2v) is 4.77. The van der Waals surface area contributed by atoms with Gasteiger partial charge in [0.25, 0.3) is 0 Å². The van der Waals surface area contributed by atoms with E-state index in [1.54, 1.807) is 4.68 Å². The summed E-state index contributed by atoms with van der Waals surface area (Å²) in [7, 11) is 0. The molecule has 16 heavy (non-hydrogen) atoms. The number of hydrogen-bond acceptors (Lipinski definition) is 4. The number of hydrogen-bond donors (Lipinski definition) is 0. The molecule has 0 fully saturated rings. The van der Waals surface area contributed by atoms with Gasteiger partial charge in [-0.25, -0.2) is 9.67 Å². The standard InChI is InChI=1S/C11H13N3OS/c1-7(2)9-4-5-14(13-9)10-6-16-11(12-10)8(3)15/h4-7H,1-3H3. The van der Waals surface area contributed by atoms with Crippen molar-refractivity contribution in [2.45, 2.75) is 26.7 Å². The molecule has 0 N–H and O–H groups in total. The molecule has 2 rings (SSSR count). The van der Waals surface area contributed by atoms with E-state index in [2.05, 4.69) is 23.9 Å². The molecule has 2 aromatic heterocycles. The van der Waals surface area contributed by atoms with Gasteiger partial charge >= 0.3 is 0 Å². The molecule has 0 atom stereocenters. The maximum atomic E-state index is 11.1. The van der Waals surface area contributed by atoms with Gasteiger partial charge in [-0.3, -0.25) is 4.79 Å². The number of ketones is 1. The fourth-order valence-corrected chi connectivity index (χ4v) is 2.00. The number of thiazole rings is 1. The predicted octanol–water partition coefficient (Wildman–Crippen LogP) is 2.65. The van der Waals surface area contributed by atoms with E-state index in [-0.39, 0.29) is 5.78 Å². The molecule has 5 heteroatoms. The van der Waals surface area contributed by atoms with E-state index >= 15 is 0 Å². The summed E-state index contributed by atoms with van der Waals surface area (Å²) in [6.07, 6.45) is 1.87. The third-order valence-electron chi connectivity index (χ3n) is 2.23. The van der Waals surface area contributed by atoms with E-state index in [9.17, 15) is 4.79 Å². The van der Waals surface area contributed by atoms with Gasteiger partial charge in [-0.1, -0.05) is 13.8 Å². The highest BCUT2D eigenvalue weighted by Crippen LogP contribution is 2.16. The minimum atomic E-state index is -0.00695. The lowest BCUT2D eigenvalue weighted by Crippen LogP contribution is -1.99. The second kappa shape index (κ2) is 4.17. The van der Waals surface area contributed by atoms with Crippen LogP contribution in [0.2, 0.25) is 0 Å². The van der Waals surface area contributed by atoms with Crippen molar-refractivity contribution < 1.29 is 4.79 Å². The topological polar surface area (TPSA) is 47.8 Å². The van der Waals surface area contributed by atoms with Crippen LogP contribution in [0.5, 0.6) is 0 Å². The Morgan fingerprint density at radius 2 is 2.25 bits per heavy atom. The van der Waals surface area contributed by atoms with Gasteiger partial charge in [-0.2, -0.15) is 5.10 Å². The van der Waals surface area contributed by atoms with Gasteiger partial charge in [0.15, 0.2) is 16.6 Å². The highest BCUT2D eigenvalue weighted by molar-refractivity contribution is 7.11. The summed E-state index contributed by atoms with van der Waals surface area (Å²) in [4.78, 5) is 15.3. The highest BCUT2D eigenvalue weighted by atomic mass is 32.1. The summed E-state index contributed by atoms with van der Waals surface area (Å²) in [5.74, 6) is 1.10. The molecule has 0 saturated heterocycles. The van der Waals surface area contributed by atoms with Crippen molar-refractivity contribution in [3.8, 4) is 5.82 Å². The Balaban J connectivity index is 2.31. The summed E-state index contributed by atoms with van der Waals surface area (Å²) in [5, 5.41) is 6.77. The van der Waals surface area contributed by atoms with Gasteiger partial charge in [0, 0.05) is 18.5 Å². The first-order chi connectivity index (χ1) is 7.58. The minimum absolute atomic E-state index is 0.00695. The maximum Gasteiger partial charge on any atom is 0.188 e. The molecule has 0 aliphatic carbocycles. The largest absolute Gasteiger partial charge is 0.292 e. The van der Waals surface area contributed by atoms with E-state index in [1.165, 1.54) is 18.3 Å². The third kappa shape index (κ3) is 2.04. The fraction of sp³-hybridized carbons (Fsp3) is 0.364. The Bertz CT molecular complexity index is 513. The van der Waals surface area contributed by atoms with E-state index in [4.69, 9.17) is 0 Å². The van der Waals surface area contributed by atoms with Crippen LogP contribution in [0.3, 0.4) is 0 Å². The summed E-state index contributed by atoms with van der Waals surface area (Å²) in [5.41, 5.74) is 1.03. The van der Waals surface area contributed by atoms with Crippen LogP contribution in [0, 0.1) is 0 Å². The quantitative estimate of drug-likeness (QED) is 0.768. The van der Waals surface area contributed by atoms with Crippen molar-refractivity contribution in [2.24, 2.45) is 0 Å². The van der Waals surface area contributed by atoms with Gasteiger partial charge < -0.3 is 0 Å². The van der Waals surface area contributed by atoms with Gasteiger partial charge in [0.05, 0.1) is 5.69 Å². The lowest BCUT2D eigenvalue weighted by atomic mass is 10.1. The molecule has 0 bridgehead atoms. The second-order valence-electron chi connectivity index (χ2n) is 3.91. The summed E-state index contributed by atoms with van der Waals surface area (Å²) < 4.78 is 1.71. The molecule has 2 aromatic rings. The van der Waals surface area contributed by atoms with Crippen LogP contribution in [-0.4, -0.2) is 20.5 Å². The Morgan fingerprint density at radius 1 is 1.50 bits per heavy atom. The first-order valence-electron chi connectivity index (χ1n) is 5.10. The van der Waals surface area contributed by atoms with Gasteiger partial charge in [-0.05, 0) is 12.0 Å². The molecule has 0 saturated carbocycles. The van der Waals surface area contributed by atoms with Crippen molar-refractivity contribution in [2.75, 3.05) is 0 Å².